The molecule has 1 amide bonds. The second-order valence-electron chi connectivity index (χ2n) is 4.20. The van der Waals surface area contributed by atoms with E-state index in [1.807, 2.05) is 0 Å². The van der Waals surface area contributed by atoms with Crippen molar-refractivity contribution in [2.24, 2.45) is 5.16 Å². The highest BCUT2D eigenvalue weighted by molar-refractivity contribution is 5.77. The summed E-state index contributed by atoms with van der Waals surface area (Å²) in [5.41, 5.74) is 0. The SMILES string of the molecule is CNCCNC(=O)CO/N=C/[C@@H](O)[C@@H](O)[C@H](O)C(O)CO. The first-order valence-corrected chi connectivity index (χ1v) is 6.33. The lowest BCUT2D eigenvalue weighted by Gasteiger charge is -2.23. The molecule has 0 saturated heterocycles. The number of aliphatic hydroxyl groups is 5. The molecule has 0 aliphatic rings. The number of carbonyl (C=O) groups excluding carboxylic acids is 1. The van der Waals surface area contributed by atoms with Gasteiger partial charge in [0.05, 0.1) is 12.8 Å². The van der Waals surface area contributed by atoms with Gasteiger partial charge in [-0.3, -0.25) is 4.79 Å². The Labute approximate surface area is 122 Å². The van der Waals surface area contributed by atoms with E-state index < -0.39 is 36.9 Å². The molecule has 21 heavy (non-hydrogen) atoms. The molecule has 0 rings (SSSR count). The highest BCUT2D eigenvalue weighted by Crippen LogP contribution is 2.03. The molecule has 10 nitrogen and oxygen atoms in total. The Morgan fingerprint density at radius 1 is 1.24 bits per heavy atom. The van der Waals surface area contributed by atoms with Crippen molar-refractivity contribution in [2.75, 3.05) is 33.4 Å². The van der Waals surface area contributed by atoms with Gasteiger partial charge in [-0.15, -0.1) is 0 Å². The number of nitrogens with zero attached hydrogens (tertiary/aromatic N) is 1. The monoisotopic (exact) mass is 309 g/mol. The Kier molecular flexibility index (Phi) is 10.7. The van der Waals surface area contributed by atoms with Gasteiger partial charge in [-0.1, -0.05) is 5.16 Å². The Morgan fingerprint density at radius 2 is 1.90 bits per heavy atom. The number of rotatable bonds is 11. The third-order valence-electron chi connectivity index (χ3n) is 2.46. The third kappa shape index (κ3) is 8.55. The van der Waals surface area contributed by atoms with E-state index >= 15 is 0 Å². The molecule has 0 saturated carbocycles. The number of hydrogen-bond acceptors (Lipinski definition) is 9. The zero-order chi connectivity index (χ0) is 16.3. The number of likely N-dealkylation sites (N-methyl/N-ethyl adjacent to an activating group) is 1. The maximum atomic E-state index is 11.2. The first kappa shape index (κ1) is 19.7. The minimum absolute atomic E-state index is 0.370. The molecule has 4 atom stereocenters. The van der Waals surface area contributed by atoms with E-state index in [-0.39, 0.29) is 6.61 Å². The van der Waals surface area contributed by atoms with Gasteiger partial charge in [0.1, 0.15) is 24.4 Å². The van der Waals surface area contributed by atoms with Crippen LogP contribution in [-0.2, 0) is 9.63 Å². The molecule has 0 heterocycles. The van der Waals surface area contributed by atoms with Crippen LogP contribution in [0.15, 0.2) is 5.16 Å². The van der Waals surface area contributed by atoms with Crippen molar-refractivity contribution >= 4 is 12.1 Å². The quantitative estimate of drug-likeness (QED) is 0.115. The van der Waals surface area contributed by atoms with E-state index in [0.717, 1.165) is 6.21 Å². The summed E-state index contributed by atoms with van der Waals surface area (Å²) in [7, 11) is 1.74. The fourth-order valence-electron chi connectivity index (χ4n) is 1.21. The van der Waals surface area contributed by atoms with Crippen molar-refractivity contribution < 1.29 is 35.2 Å². The number of aliphatic hydroxyl groups excluding tert-OH is 5. The van der Waals surface area contributed by atoms with E-state index in [1.54, 1.807) is 7.05 Å². The van der Waals surface area contributed by atoms with Gasteiger partial charge in [-0.05, 0) is 7.05 Å². The zero-order valence-electron chi connectivity index (χ0n) is 11.7. The number of amides is 1. The summed E-state index contributed by atoms with van der Waals surface area (Å²) >= 11 is 0. The van der Waals surface area contributed by atoms with Crippen molar-refractivity contribution in [1.29, 1.82) is 0 Å². The summed E-state index contributed by atoms with van der Waals surface area (Å²) in [5.74, 6) is -0.409. The molecule has 1 unspecified atom stereocenters. The summed E-state index contributed by atoms with van der Waals surface area (Å²) in [4.78, 5) is 15.8. The van der Waals surface area contributed by atoms with Crippen LogP contribution in [0.3, 0.4) is 0 Å². The Hall–Kier alpha value is -1.30. The summed E-state index contributed by atoms with van der Waals surface area (Å²) in [6.07, 6.45) is -5.97. The largest absolute Gasteiger partial charge is 0.394 e. The molecular weight excluding hydrogens is 286 g/mol. The van der Waals surface area contributed by atoms with Gasteiger partial charge in [0.2, 0.25) is 0 Å². The normalized spacial score (nSPS) is 17.2. The molecule has 0 fully saturated rings. The van der Waals surface area contributed by atoms with Crippen LogP contribution in [0, 0.1) is 0 Å². The molecular formula is C11H23N3O7. The lowest BCUT2D eigenvalue weighted by atomic mass is 10.0. The molecule has 0 aliphatic heterocycles. The van der Waals surface area contributed by atoms with Crippen LogP contribution in [0.2, 0.25) is 0 Å². The van der Waals surface area contributed by atoms with Gasteiger partial charge in [0.15, 0.2) is 6.61 Å². The van der Waals surface area contributed by atoms with Gasteiger partial charge in [-0.25, -0.2) is 0 Å². The van der Waals surface area contributed by atoms with E-state index in [4.69, 9.17) is 10.2 Å². The predicted octanol–water partition coefficient (Wildman–Crippen LogP) is -4.24. The third-order valence-corrected chi connectivity index (χ3v) is 2.46. The highest BCUT2D eigenvalue weighted by Gasteiger charge is 2.29. The summed E-state index contributed by atoms with van der Waals surface area (Å²) < 4.78 is 0. The van der Waals surface area contributed by atoms with Crippen LogP contribution in [0.1, 0.15) is 0 Å². The highest BCUT2D eigenvalue weighted by atomic mass is 16.6. The second kappa shape index (κ2) is 11.4. The molecule has 0 aromatic carbocycles. The first-order valence-electron chi connectivity index (χ1n) is 6.33. The number of carbonyl (C=O) groups is 1. The molecule has 124 valence electrons. The Balaban J connectivity index is 3.99. The maximum absolute atomic E-state index is 11.2. The van der Waals surface area contributed by atoms with Crippen molar-refractivity contribution in [3.63, 3.8) is 0 Å². The summed E-state index contributed by atoms with van der Waals surface area (Å²) in [6.45, 7) is -0.115. The smallest absolute Gasteiger partial charge is 0.260 e. The molecule has 0 spiro atoms. The standard InChI is InChI=1S/C11H23N3O7/c1-12-2-3-13-9(18)6-21-14-4-7(16)10(19)11(20)8(17)5-15/h4,7-8,10-12,15-17,19-20H,2-3,5-6H2,1H3,(H,13,18)/b14-4+/t7-,8?,10-,11-/m1/s1. The van der Waals surface area contributed by atoms with Crippen molar-refractivity contribution in [3.8, 4) is 0 Å². The van der Waals surface area contributed by atoms with Crippen molar-refractivity contribution in [3.05, 3.63) is 0 Å². The van der Waals surface area contributed by atoms with Crippen LogP contribution in [0.25, 0.3) is 0 Å². The zero-order valence-corrected chi connectivity index (χ0v) is 11.7. The second-order valence-corrected chi connectivity index (χ2v) is 4.20. The topological polar surface area (TPSA) is 164 Å². The van der Waals surface area contributed by atoms with Crippen LogP contribution >= 0.6 is 0 Å². The average Bonchev–Trinajstić information content (AvgIpc) is 2.49. The molecule has 0 aliphatic carbocycles. The fourth-order valence-corrected chi connectivity index (χ4v) is 1.21. The molecule has 0 radical (unpaired) electrons. The fraction of sp³-hybridized carbons (Fsp3) is 0.818. The molecule has 0 aromatic heterocycles. The van der Waals surface area contributed by atoms with E-state index in [1.165, 1.54) is 0 Å². The van der Waals surface area contributed by atoms with E-state index in [9.17, 15) is 20.1 Å². The van der Waals surface area contributed by atoms with Crippen LogP contribution in [0.5, 0.6) is 0 Å². The first-order chi connectivity index (χ1) is 9.93. The summed E-state index contributed by atoms with van der Waals surface area (Å²) in [6, 6.07) is 0. The Bertz CT molecular complexity index is 316. The van der Waals surface area contributed by atoms with Crippen molar-refractivity contribution in [1.82, 2.24) is 10.6 Å². The van der Waals surface area contributed by atoms with Crippen LogP contribution < -0.4 is 10.6 Å². The van der Waals surface area contributed by atoms with Crippen LogP contribution in [0.4, 0.5) is 0 Å². The van der Waals surface area contributed by atoms with Gasteiger partial charge in [-0.2, -0.15) is 0 Å². The predicted molar refractivity (Wildman–Crippen MR) is 72.5 cm³/mol. The minimum atomic E-state index is -1.76. The maximum Gasteiger partial charge on any atom is 0.260 e. The number of hydrogen-bond donors (Lipinski definition) is 7. The number of oxime groups is 1. The number of nitrogens with one attached hydrogen (secondary N) is 2. The summed E-state index contributed by atoms with van der Waals surface area (Å²) in [5, 5.41) is 54.5. The van der Waals surface area contributed by atoms with Crippen LogP contribution in [-0.4, -0.2) is 95.4 Å². The minimum Gasteiger partial charge on any atom is -0.394 e. The van der Waals surface area contributed by atoms with Crippen molar-refractivity contribution in [2.45, 2.75) is 24.4 Å². The van der Waals surface area contributed by atoms with E-state index in [0.29, 0.717) is 13.1 Å². The van der Waals surface area contributed by atoms with Gasteiger partial charge in [0.25, 0.3) is 5.91 Å². The molecule has 0 bridgehead atoms. The van der Waals surface area contributed by atoms with Gasteiger partial charge < -0.3 is 41.0 Å². The van der Waals surface area contributed by atoms with Gasteiger partial charge >= 0.3 is 0 Å². The lowest BCUT2D eigenvalue weighted by Crippen LogP contribution is -2.46. The van der Waals surface area contributed by atoms with Gasteiger partial charge in [0, 0.05) is 13.1 Å². The average molecular weight is 309 g/mol. The molecule has 7 N–H and O–H groups in total. The lowest BCUT2D eigenvalue weighted by molar-refractivity contribution is -0.125. The Morgan fingerprint density at radius 3 is 2.48 bits per heavy atom. The molecule has 0 aromatic rings. The molecule has 10 heteroatoms. The van der Waals surface area contributed by atoms with E-state index in [2.05, 4.69) is 20.6 Å².